The number of aromatic nitrogens is 2. The molecule has 1 aliphatic rings. The van der Waals surface area contributed by atoms with Crippen LogP contribution in [0.2, 0.25) is 0 Å². The molecule has 1 N–H and O–H groups in total. The summed E-state index contributed by atoms with van der Waals surface area (Å²) in [5, 5.41) is 5.82. The van der Waals surface area contributed by atoms with Crippen LogP contribution >= 0.6 is 0 Å². The van der Waals surface area contributed by atoms with Crippen LogP contribution in [0.4, 0.5) is 4.39 Å². The van der Waals surface area contributed by atoms with E-state index in [1.807, 2.05) is 29.9 Å². The molecular weight excluding hydrogens is 443 g/mol. The Morgan fingerprint density at radius 1 is 1.15 bits per heavy atom. The second-order valence-electron chi connectivity index (χ2n) is 8.69. The Kier molecular flexibility index (Phi) is 5.94. The zero-order valence-corrected chi connectivity index (χ0v) is 19.3. The SMILES string of the molecule is Cn1ccc2c(S(=O)(=O)NCCCN3CCC(c4noc5cc(F)ccc45)CC3)cccc21. The smallest absolute Gasteiger partial charge is 0.241 e. The Morgan fingerprint density at radius 3 is 2.79 bits per heavy atom. The first kappa shape index (κ1) is 22.1. The largest absolute Gasteiger partial charge is 0.356 e. The van der Waals surface area contributed by atoms with Gasteiger partial charge in [-0.1, -0.05) is 11.2 Å². The number of hydrogen-bond donors (Lipinski definition) is 1. The van der Waals surface area contributed by atoms with Crippen molar-refractivity contribution in [2.75, 3.05) is 26.2 Å². The summed E-state index contributed by atoms with van der Waals surface area (Å²) in [4.78, 5) is 2.67. The van der Waals surface area contributed by atoms with E-state index in [1.54, 1.807) is 18.2 Å². The standard InChI is InChI=1S/C24H27FN4O3S/c1-28-13-10-19-21(28)4-2-5-23(19)33(30,31)26-11-3-12-29-14-8-17(9-15-29)24-20-7-6-18(25)16-22(20)32-27-24/h2,4-7,10,13,16-17,26H,3,8-9,11-12,14-15H2,1H3. The number of likely N-dealkylation sites (tertiary alicyclic amines) is 1. The van der Waals surface area contributed by atoms with Crippen molar-refractivity contribution in [3.05, 3.63) is 60.2 Å². The molecule has 4 aromatic rings. The van der Waals surface area contributed by atoms with Crippen LogP contribution in [-0.4, -0.2) is 49.2 Å². The molecule has 0 unspecified atom stereocenters. The van der Waals surface area contributed by atoms with Gasteiger partial charge >= 0.3 is 0 Å². The molecule has 0 radical (unpaired) electrons. The lowest BCUT2D eigenvalue weighted by molar-refractivity contribution is 0.208. The Morgan fingerprint density at radius 2 is 1.97 bits per heavy atom. The van der Waals surface area contributed by atoms with Gasteiger partial charge in [0.05, 0.1) is 10.6 Å². The van der Waals surface area contributed by atoms with Crippen molar-refractivity contribution in [1.82, 2.24) is 19.3 Å². The molecule has 0 spiro atoms. The third kappa shape index (κ3) is 4.40. The van der Waals surface area contributed by atoms with E-state index in [9.17, 15) is 12.8 Å². The van der Waals surface area contributed by atoms with Crippen LogP contribution in [0.1, 0.15) is 30.9 Å². The molecule has 7 nitrogen and oxygen atoms in total. The molecule has 0 saturated carbocycles. The van der Waals surface area contributed by atoms with E-state index in [0.29, 0.717) is 17.0 Å². The van der Waals surface area contributed by atoms with Crippen molar-refractivity contribution < 1.29 is 17.3 Å². The van der Waals surface area contributed by atoms with Crippen LogP contribution in [0.15, 0.2) is 58.1 Å². The molecule has 33 heavy (non-hydrogen) atoms. The van der Waals surface area contributed by atoms with E-state index < -0.39 is 10.0 Å². The number of benzene rings is 2. The van der Waals surface area contributed by atoms with Gasteiger partial charge in [-0.05, 0) is 69.2 Å². The van der Waals surface area contributed by atoms with E-state index in [0.717, 1.165) is 60.9 Å². The van der Waals surface area contributed by atoms with Gasteiger partial charge in [0.1, 0.15) is 5.82 Å². The van der Waals surface area contributed by atoms with Crippen LogP contribution in [-0.2, 0) is 17.1 Å². The fourth-order valence-electron chi connectivity index (χ4n) is 4.75. The third-order valence-corrected chi connectivity index (χ3v) is 8.08. The normalized spacial score (nSPS) is 16.2. The molecule has 9 heteroatoms. The number of halogens is 1. The highest BCUT2D eigenvalue weighted by molar-refractivity contribution is 7.89. The fraction of sp³-hybridized carbons (Fsp3) is 0.375. The molecule has 0 bridgehead atoms. The third-order valence-electron chi connectivity index (χ3n) is 6.56. The van der Waals surface area contributed by atoms with Gasteiger partial charge in [-0.15, -0.1) is 0 Å². The summed E-state index contributed by atoms with van der Waals surface area (Å²) in [6, 6.07) is 11.7. The number of aryl methyl sites for hydroxylation is 1. The highest BCUT2D eigenvalue weighted by Crippen LogP contribution is 2.32. The fourth-order valence-corrected chi connectivity index (χ4v) is 6.04. The minimum atomic E-state index is -3.57. The number of nitrogens with one attached hydrogen (secondary N) is 1. The first-order valence-corrected chi connectivity index (χ1v) is 12.7. The molecule has 5 rings (SSSR count). The van der Waals surface area contributed by atoms with Crippen LogP contribution in [0.3, 0.4) is 0 Å². The van der Waals surface area contributed by atoms with Crippen molar-refractivity contribution >= 4 is 31.9 Å². The Hall–Kier alpha value is -2.75. The summed E-state index contributed by atoms with van der Waals surface area (Å²) in [6.07, 6.45) is 4.50. The highest BCUT2D eigenvalue weighted by atomic mass is 32.2. The number of hydrogen-bond acceptors (Lipinski definition) is 5. The maximum absolute atomic E-state index is 13.4. The van der Waals surface area contributed by atoms with Gasteiger partial charge in [0.25, 0.3) is 0 Å². The van der Waals surface area contributed by atoms with Gasteiger partial charge in [-0.3, -0.25) is 0 Å². The zero-order chi connectivity index (χ0) is 23.0. The molecule has 0 aliphatic carbocycles. The molecule has 174 valence electrons. The van der Waals surface area contributed by atoms with Crippen molar-refractivity contribution in [2.24, 2.45) is 7.05 Å². The number of rotatable bonds is 7. The average Bonchev–Trinajstić information content (AvgIpc) is 3.40. The van der Waals surface area contributed by atoms with Gasteiger partial charge in [-0.2, -0.15) is 0 Å². The summed E-state index contributed by atoms with van der Waals surface area (Å²) < 4.78 is 49.0. The Labute approximate surface area is 192 Å². The minimum Gasteiger partial charge on any atom is -0.356 e. The minimum absolute atomic E-state index is 0.290. The maximum atomic E-state index is 13.4. The van der Waals surface area contributed by atoms with E-state index in [-0.39, 0.29) is 11.7 Å². The average molecular weight is 471 g/mol. The van der Waals surface area contributed by atoms with Gasteiger partial charge in [-0.25, -0.2) is 17.5 Å². The van der Waals surface area contributed by atoms with Crippen LogP contribution in [0.5, 0.6) is 0 Å². The number of piperidine rings is 1. The lowest BCUT2D eigenvalue weighted by Crippen LogP contribution is -2.35. The summed E-state index contributed by atoms with van der Waals surface area (Å²) >= 11 is 0. The summed E-state index contributed by atoms with van der Waals surface area (Å²) in [7, 11) is -1.66. The van der Waals surface area contributed by atoms with Crippen LogP contribution in [0.25, 0.3) is 21.9 Å². The molecule has 1 saturated heterocycles. The molecular formula is C24H27FN4O3S. The number of sulfonamides is 1. The first-order chi connectivity index (χ1) is 15.9. The molecule has 2 aromatic heterocycles. The van der Waals surface area contributed by atoms with Gasteiger partial charge < -0.3 is 14.0 Å². The van der Waals surface area contributed by atoms with Crippen molar-refractivity contribution in [1.29, 1.82) is 0 Å². The highest BCUT2D eigenvalue weighted by Gasteiger charge is 2.25. The van der Waals surface area contributed by atoms with E-state index in [1.165, 1.54) is 12.1 Å². The molecule has 0 atom stereocenters. The van der Waals surface area contributed by atoms with Gasteiger partial charge in [0, 0.05) is 48.1 Å². The predicted octanol–water partition coefficient (Wildman–Crippen LogP) is 4.01. The van der Waals surface area contributed by atoms with Crippen molar-refractivity contribution in [3.63, 3.8) is 0 Å². The lowest BCUT2D eigenvalue weighted by atomic mass is 9.91. The van der Waals surface area contributed by atoms with Crippen molar-refractivity contribution in [2.45, 2.75) is 30.1 Å². The van der Waals surface area contributed by atoms with E-state index in [2.05, 4.69) is 14.8 Å². The number of nitrogens with zero attached hydrogens (tertiary/aromatic N) is 3. The molecule has 3 heterocycles. The van der Waals surface area contributed by atoms with Gasteiger partial charge in [0.2, 0.25) is 10.0 Å². The summed E-state index contributed by atoms with van der Waals surface area (Å²) in [6.45, 7) is 3.05. The predicted molar refractivity (Wildman–Crippen MR) is 125 cm³/mol. The zero-order valence-electron chi connectivity index (χ0n) is 18.5. The summed E-state index contributed by atoms with van der Waals surface area (Å²) in [5.41, 5.74) is 2.30. The second kappa shape index (κ2) is 8.89. The van der Waals surface area contributed by atoms with E-state index >= 15 is 0 Å². The van der Waals surface area contributed by atoms with Crippen LogP contribution < -0.4 is 4.72 Å². The first-order valence-electron chi connectivity index (χ1n) is 11.2. The summed E-state index contributed by atoms with van der Waals surface area (Å²) in [5.74, 6) is -0.0334. The maximum Gasteiger partial charge on any atom is 0.241 e. The van der Waals surface area contributed by atoms with E-state index in [4.69, 9.17) is 4.52 Å². The van der Waals surface area contributed by atoms with Gasteiger partial charge in [0.15, 0.2) is 5.58 Å². The molecule has 0 amide bonds. The Bertz CT molecular complexity index is 1390. The quantitative estimate of drug-likeness (QED) is 0.413. The lowest BCUT2D eigenvalue weighted by Gasteiger charge is -2.31. The van der Waals surface area contributed by atoms with Crippen LogP contribution in [0, 0.1) is 5.82 Å². The molecule has 1 aliphatic heterocycles. The Balaban J connectivity index is 1.13. The topological polar surface area (TPSA) is 80.4 Å². The monoisotopic (exact) mass is 470 g/mol. The number of fused-ring (bicyclic) bond motifs is 2. The molecule has 1 fully saturated rings. The second-order valence-corrected chi connectivity index (χ2v) is 10.4. The van der Waals surface area contributed by atoms with Crippen molar-refractivity contribution in [3.8, 4) is 0 Å². The molecule has 2 aromatic carbocycles.